The van der Waals surface area contributed by atoms with Crippen LogP contribution in [-0.2, 0) is 0 Å². The Kier molecular flexibility index (Phi) is 4.58. The average Bonchev–Trinajstić information content (AvgIpc) is 2.34. The Morgan fingerprint density at radius 3 is 2.71 bits per heavy atom. The number of hydrogen-bond acceptors (Lipinski definition) is 3. The highest BCUT2D eigenvalue weighted by Gasteiger charge is 2.37. The van der Waals surface area contributed by atoms with Gasteiger partial charge in [0.1, 0.15) is 11.6 Å². The molecule has 0 bridgehead atoms. The number of aliphatic hydroxyl groups is 1. The van der Waals surface area contributed by atoms with Gasteiger partial charge in [-0.05, 0) is 19.9 Å². The number of carboxylic acid groups (broad SMARTS) is 1. The number of ether oxygens (including phenoxy) is 1. The van der Waals surface area contributed by atoms with Crippen LogP contribution in [0.1, 0.15) is 37.0 Å². The zero-order valence-corrected chi connectivity index (χ0v) is 12.5. The number of aliphatic hydroxyl groups excluding tert-OH is 1. The number of hydrogen-bond donors (Lipinski definition) is 2. The Morgan fingerprint density at radius 1 is 1.62 bits per heavy atom. The number of rotatable bonds is 4. The molecule has 1 saturated heterocycles. The second kappa shape index (κ2) is 6.07. The van der Waals surface area contributed by atoms with E-state index in [0.717, 1.165) is 0 Å². The quantitative estimate of drug-likeness (QED) is 0.895. The highest BCUT2D eigenvalue weighted by Crippen LogP contribution is 2.42. The zero-order chi connectivity index (χ0) is 15.7. The van der Waals surface area contributed by atoms with Crippen LogP contribution in [0.15, 0.2) is 6.07 Å². The molecular weight excluding hydrogens is 301 g/mol. The Morgan fingerprint density at radius 2 is 2.24 bits per heavy atom. The summed E-state index contributed by atoms with van der Waals surface area (Å²) in [7, 11) is 0. The van der Waals surface area contributed by atoms with Gasteiger partial charge in [-0.15, -0.1) is 0 Å². The van der Waals surface area contributed by atoms with Crippen molar-refractivity contribution in [2.45, 2.75) is 25.9 Å². The fraction of sp³-hybridized carbons (Fsp3) is 0.500. The second-order valence-corrected chi connectivity index (χ2v) is 5.41. The maximum Gasteiger partial charge on any atom is 0.407 e. The highest BCUT2D eigenvalue weighted by atomic mass is 35.5. The van der Waals surface area contributed by atoms with E-state index in [-0.39, 0.29) is 35.3 Å². The molecule has 1 aromatic rings. The predicted molar refractivity (Wildman–Crippen MR) is 75.6 cm³/mol. The van der Waals surface area contributed by atoms with Crippen molar-refractivity contribution in [1.29, 1.82) is 0 Å². The number of benzene rings is 1. The summed E-state index contributed by atoms with van der Waals surface area (Å²) >= 11 is 5.89. The first-order valence-corrected chi connectivity index (χ1v) is 7.05. The molecule has 0 saturated carbocycles. The van der Waals surface area contributed by atoms with Crippen molar-refractivity contribution in [3.8, 4) is 5.75 Å². The summed E-state index contributed by atoms with van der Waals surface area (Å²) in [4.78, 5) is 12.0. The molecule has 2 N–H and O–H groups in total. The molecule has 116 valence electrons. The molecule has 0 aliphatic carbocycles. The van der Waals surface area contributed by atoms with Gasteiger partial charge in [0, 0.05) is 30.1 Å². The van der Waals surface area contributed by atoms with Crippen LogP contribution < -0.4 is 4.74 Å². The van der Waals surface area contributed by atoms with Crippen molar-refractivity contribution in [3.63, 3.8) is 0 Å². The van der Waals surface area contributed by atoms with Gasteiger partial charge in [0.15, 0.2) is 0 Å². The van der Waals surface area contributed by atoms with E-state index >= 15 is 0 Å². The molecule has 5 nitrogen and oxygen atoms in total. The third-order valence-electron chi connectivity index (χ3n) is 3.53. The van der Waals surface area contributed by atoms with E-state index < -0.39 is 18.0 Å². The van der Waals surface area contributed by atoms with Crippen molar-refractivity contribution in [2.24, 2.45) is 0 Å². The van der Waals surface area contributed by atoms with Crippen molar-refractivity contribution in [3.05, 3.63) is 28.0 Å². The summed E-state index contributed by atoms with van der Waals surface area (Å²) in [5.41, 5.74) is 0.657. The van der Waals surface area contributed by atoms with E-state index in [9.17, 15) is 14.3 Å². The van der Waals surface area contributed by atoms with Crippen LogP contribution >= 0.6 is 11.6 Å². The third-order valence-corrected chi connectivity index (χ3v) is 3.81. The lowest BCUT2D eigenvalue weighted by molar-refractivity contribution is 0.103. The van der Waals surface area contributed by atoms with Crippen LogP contribution in [0.2, 0.25) is 5.02 Å². The minimum atomic E-state index is -1.04. The van der Waals surface area contributed by atoms with Crippen LogP contribution in [0.3, 0.4) is 0 Å². The molecule has 1 fully saturated rings. The van der Waals surface area contributed by atoms with Crippen molar-refractivity contribution in [2.75, 3.05) is 19.7 Å². The monoisotopic (exact) mass is 317 g/mol. The van der Waals surface area contributed by atoms with E-state index in [1.54, 1.807) is 13.8 Å². The summed E-state index contributed by atoms with van der Waals surface area (Å²) < 4.78 is 19.9. The van der Waals surface area contributed by atoms with Gasteiger partial charge in [-0.1, -0.05) is 11.6 Å². The van der Waals surface area contributed by atoms with Gasteiger partial charge in [0.25, 0.3) is 0 Å². The fourth-order valence-corrected chi connectivity index (χ4v) is 2.67. The van der Waals surface area contributed by atoms with Crippen molar-refractivity contribution >= 4 is 17.7 Å². The maximum absolute atomic E-state index is 14.4. The second-order valence-electron chi connectivity index (χ2n) is 5.00. The Hall–Kier alpha value is -1.53. The normalized spacial score (nSPS) is 16.5. The number of halogens is 2. The standard InChI is InChI=1S/C14H17ClFNO4/c1-3-21-13-9(7(2)18)4-10(15)12(16)11(13)8-5-17(6-8)14(19)20/h4,7-8,18H,3,5-6H2,1-2H3,(H,19,20). The molecule has 2 rings (SSSR count). The zero-order valence-electron chi connectivity index (χ0n) is 11.8. The van der Waals surface area contributed by atoms with E-state index in [1.807, 2.05) is 0 Å². The molecule has 1 unspecified atom stereocenters. The predicted octanol–water partition coefficient (Wildman–Crippen LogP) is 3.01. The maximum atomic E-state index is 14.4. The van der Waals surface area contributed by atoms with Crippen molar-refractivity contribution in [1.82, 2.24) is 4.90 Å². The van der Waals surface area contributed by atoms with Crippen LogP contribution in [0, 0.1) is 5.82 Å². The van der Waals surface area contributed by atoms with Gasteiger partial charge in [-0.2, -0.15) is 0 Å². The van der Waals surface area contributed by atoms with Crippen LogP contribution in [-0.4, -0.2) is 40.9 Å². The topological polar surface area (TPSA) is 70.0 Å². The Balaban J connectivity index is 2.45. The van der Waals surface area contributed by atoms with Crippen LogP contribution in [0.4, 0.5) is 9.18 Å². The summed E-state index contributed by atoms with van der Waals surface area (Å²) in [5, 5.41) is 18.6. The molecule has 1 aromatic carbocycles. The lowest BCUT2D eigenvalue weighted by Gasteiger charge is -2.38. The Bertz CT molecular complexity index is 558. The summed E-state index contributed by atoms with van der Waals surface area (Å²) in [6.07, 6.45) is -1.90. The SMILES string of the molecule is CCOc1c(C(C)O)cc(Cl)c(F)c1C1CN(C(=O)O)C1. The molecule has 0 aromatic heterocycles. The molecule has 1 amide bonds. The van der Waals surface area contributed by atoms with E-state index in [4.69, 9.17) is 21.4 Å². The van der Waals surface area contributed by atoms with Gasteiger partial charge in [0.2, 0.25) is 0 Å². The first kappa shape index (κ1) is 15.9. The van der Waals surface area contributed by atoms with Gasteiger partial charge in [-0.3, -0.25) is 0 Å². The van der Waals surface area contributed by atoms with Crippen LogP contribution in [0.25, 0.3) is 0 Å². The van der Waals surface area contributed by atoms with E-state index in [0.29, 0.717) is 12.2 Å². The molecule has 1 atom stereocenters. The van der Waals surface area contributed by atoms with Gasteiger partial charge in [0.05, 0.1) is 17.7 Å². The number of amides is 1. The molecule has 0 spiro atoms. The molecular formula is C14H17ClFNO4. The van der Waals surface area contributed by atoms with Crippen molar-refractivity contribution < 1.29 is 24.1 Å². The largest absolute Gasteiger partial charge is 0.493 e. The fourth-order valence-electron chi connectivity index (χ4n) is 2.45. The molecule has 7 heteroatoms. The lowest BCUT2D eigenvalue weighted by Crippen LogP contribution is -2.48. The molecule has 1 aliphatic heterocycles. The van der Waals surface area contributed by atoms with Gasteiger partial charge < -0.3 is 19.8 Å². The summed E-state index contributed by atoms with van der Waals surface area (Å²) in [6.45, 7) is 3.98. The molecule has 21 heavy (non-hydrogen) atoms. The first-order chi connectivity index (χ1) is 9.86. The van der Waals surface area contributed by atoms with E-state index in [1.165, 1.54) is 11.0 Å². The average molecular weight is 318 g/mol. The van der Waals surface area contributed by atoms with Gasteiger partial charge >= 0.3 is 6.09 Å². The van der Waals surface area contributed by atoms with E-state index in [2.05, 4.69) is 0 Å². The number of nitrogens with zero attached hydrogens (tertiary/aromatic N) is 1. The molecule has 0 radical (unpaired) electrons. The minimum absolute atomic E-state index is 0.0990. The molecule has 1 heterocycles. The van der Waals surface area contributed by atoms with Gasteiger partial charge in [-0.25, -0.2) is 9.18 Å². The summed E-state index contributed by atoms with van der Waals surface area (Å²) in [5.74, 6) is -0.664. The first-order valence-electron chi connectivity index (χ1n) is 6.67. The highest BCUT2D eigenvalue weighted by molar-refractivity contribution is 6.31. The molecule has 1 aliphatic rings. The smallest absolute Gasteiger partial charge is 0.407 e. The number of carbonyl (C=O) groups is 1. The lowest BCUT2D eigenvalue weighted by atomic mass is 9.88. The minimum Gasteiger partial charge on any atom is -0.493 e. The third kappa shape index (κ3) is 2.91. The Labute approximate surface area is 126 Å². The number of likely N-dealkylation sites (tertiary alicyclic amines) is 1. The summed E-state index contributed by atoms with van der Waals surface area (Å²) in [6, 6.07) is 1.35. The van der Waals surface area contributed by atoms with Crippen LogP contribution in [0.5, 0.6) is 5.75 Å².